The number of carbonyl (C=O) groups is 1. The maximum absolute atomic E-state index is 12.0. The van der Waals surface area contributed by atoms with Crippen molar-refractivity contribution in [2.24, 2.45) is 0 Å². The molecule has 2 N–H and O–H groups in total. The Kier molecular flexibility index (Phi) is 4.37. The fourth-order valence-electron chi connectivity index (χ4n) is 2.48. The van der Waals surface area contributed by atoms with Crippen molar-refractivity contribution in [2.45, 2.75) is 45.2 Å². The molecule has 18 heavy (non-hydrogen) atoms. The second-order valence-electron chi connectivity index (χ2n) is 5.16. The van der Waals surface area contributed by atoms with Gasteiger partial charge in [0.1, 0.15) is 0 Å². The van der Waals surface area contributed by atoms with Gasteiger partial charge in [-0.3, -0.25) is 4.79 Å². The van der Waals surface area contributed by atoms with Crippen molar-refractivity contribution in [3.63, 3.8) is 0 Å². The van der Waals surface area contributed by atoms with Crippen LogP contribution in [0.3, 0.4) is 0 Å². The molecule has 0 aromatic heterocycles. The highest BCUT2D eigenvalue weighted by atomic mass is 16.1. The summed E-state index contributed by atoms with van der Waals surface area (Å²) in [7, 11) is 0. The molecule has 0 unspecified atom stereocenters. The van der Waals surface area contributed by atoms with Crippen LogP contribution in [0.25, 0.3) is 0 Å². The zero-order valence-electron chi connectivity index (χ0n) is 11.2. The zero-order valence-corrected chi connectivity index (χ0v) is 11.2. The summed E-state index contributed by atoms with van der Waals surface area (Å²) in [6.45, 7) is 5.25. The first-order valence-corrected chi connectivity index (χ1v) is 6.74. The van der Waals surface area contributed by atoms with Crippen LogP contribution in [-0.2, 0) is 11.2 Å². The summed E-state index contributed by atoms with van der Waals surface area (Å²) in [4.78, 5) is 12.0. The Hall–Kier alpha value is -1.35. The summed E-state index contributed by atoms with van der Waals surface area (Å²) >= 11 is 0. The first-order valence-electron chi connectivity index (χ1n) is 6.74. The lowest BCUT2D eigenvalue weighted by Gasteiger charge is -2.30. The zero-order chi connectivity index (χ0) is 13.0. The quantitative estimate of drug-likeness (QED) is 0.854. The molecule has 1 heterocycles. The van der Waals surface area contributed by atoms with Gasteiger partial charge in [0.05, 0.1) is 6.42 Å². The molecule has 0 bridgehead atoms. The minimum Gasteiger partial charge on any atom is -0.352 e. The van der Waals surface area contributed by atoms with E-state index in [1.807, 2.05) is 31.2 Å². The Morgan fingerprint density at radius 2 is 2.22 bits per heavy atom. The average molecular weight is 246 g/mol. The number of aryl methyl sites for hydroxylation is 1. The van der Waals surface area contributed by atoms with Crippen LogP contribution in [0.2, 0.25) is 0 Å². The van der Waals surface area contributed by atoms with Crippen LogP contribution < -0.4 is 10.6 Å². The van der Waals surface area contributed by atoms with E-state index in [0.717, 1.165) is 24.9 Å². The molecule has 0 radical (unpaired) electrons. The molecule has 1 aromatic carbocycles. The topological polar surface area (TPSA) is 41.1 Å². The van der Waals surface area contributed by atoms with E-state index in [1.54, 1.807) is 0 Å². The SMILES string of the molecule is Cc1ccccc1CC(=O)N[C@H]1CCCN[C@H]1C. The lowest BCUT2D eigenvalue weighted by atomic mass is 9.99. The number of carbonyl (C=O) groups excluding carboxylic acids is 1. The first-order chi connectivity index (χ1) is 8.66. The molecule has 3 heteroatoms. The second kappa shape index (κ2) is 6.01. The van der Waals surface area contributed by atoms with Crippen molar-refractivity contribution in [3.8, 4) is 0 Å². The molecule has 1 aliphatic rings. The molecule has 1 aliphatic heterocycles. The second-order valence-corrected chi connectivity index (χ2v) is 5.16. The Balaban J connectivity index is 1.90. The number of hydrogen-bond donors (Lipinski definition) is 2. The van der Waals surface area contributed by atoms with Crippen molar-refractivity contribution >= 4 is 5.91 Å². The number of amides is 1. The standard InChI is InChI=1S/C15H22N2O/c1-11-6-3-4-7-13(11)10-15(18)17-14-8-5-9-16-12(14)2/h3-4,6-7,12,14,16H,5,8-10H2,1-2H3,(H,17,18)/t12-,14-/m0/s1. The number of nitrogens with one attached hydrogen (secondary N) is 2. The van der Waals surface area contributed by atoms with Crippen LogP contribution in [0, 0.1) is 6.92 Å². The van der Waals surface area contributed by atoms with Gasteiger partial charge in [-0.25, -0.2) is 0 Å². The average Bonchev–Trinajstić information content (AvgIpc) is 2.35. The lowest BCUT2D eigenvalue weighted by Crippen LogP contribution is -2.52. The van der Waals surface area contributed by atoms with Crippen LogP contribution in [0.15, 0.2) is 24.3 Å². The Morgan fingerprint density at radius 3 is 2.94 bits per heavy atom. The molecular formula is C15H22N2O. The summed E-state index contributed by atoms with van der Waals surface area (Å²) in [5.74, 6) is 0.129. The molecular weight excluding hydrogens is 224 g/mol. The number of rotatable bonds is 3. The third kappa shape index (κ3) is 3.33. The predicted molar refractivity (Wildman–Crippen MR) is 73.5 cm³/mol. The van der Waals surface area contributed by atoms with E-state index < -0.39 is 0 Å². The largest absolute Gasteiger partial charge is 0.352 e. The minimum absolute atomic E-state index is 0.129. The van der Waals surface area contributed by atoms with Crippen molar-refractivity contribution < 1.29 is 4.79 Å². The fraction of sp³-hybridized carbons (Fsp3) is 0.533. The number of hydrogen-bond acceptors (Lipinski definition) is 2. The van der Waals surface area contributed by atoms with E-state index in [-0.39, 0.29) is 11.9 Å². The van der Waals surface area contributed by atoms with Crippen LogP contribution >= 0.6 is 0 Å². The van der Waals surface area contributed by atoms with Gasteiger partial charge in [0.25, 0.3) is 0 Å². The van der Waals surface area contributed by atoms with E-state index >= 15 is 0 Å². The maximum Gasteiger partial charge on any atom is 0.224 e. The molecule has 1 saturated heterocycles. The van der Waals surface area contributed by atoms with Gasteiger partial charge in [0.2, 0.25) is 5.91 Å². The van der Waals surface area contributed by atoms with E-state index in [1.165, 1.54) is 5.56 Å². The number of piperidine rings is 1. The van der Waals surface area contributed by atoms with Crippen molar-refractivity contribution in [3.05, 3.63) is 35.4 Å². The van der Waals surface area contributed by atoms with Crippen LogP contribution in [0.1, 0.15) is 30.9 Å². The van der Waals surface area contributed by atoms with E-state index in [0.29, 0.717) is 12.5 Å². The fourth-order valence-corrected chi connectivity index (χ4v) is 2.48. The molecule has 2 atom stereocenters. The van der Waals surface area contributed by atoms with Gasteiger partial charge in [-0.1, -0.05) is 24.3 Å². The van der Waals surface area contributed by atoms with Crippen molar-refractivity contribution in [1.82, 2.24) is 10.6 Å². The van der Waals surface area contributed by atoms with E-state index in [9.17, 15) is 4.79 Å². The summed E-state index contributed by atoms with van der Waals surface area (Å²) in [5.41, 5.74) is 2.30. The van der Waals surface area contributed by atoms with Gasteiger partial charge in [-0.2, -0.15) is 0 Å². The van der Waals surface area contributed by atoms with E-state index in [4.69, 9.17) is 0 Å². The van der Waals surface area contributed by atoms with Crippen LogP contribution in [0.4, 0.5) is 0 Å². The monoisotopic (exact) mass is 246 g/mol. The Bertz CT molecular complexity index is 417. The van der Waals surface area contributed by atoms with Crippen molar-refractivity contribution in [1.29, 1.82) is 0 Å². The van der Waals surface area contributed by atoms with Crippen molar-refractivity contribution in [2.75, 3.05) is 6.54 Å². The summed E-state index contributed by atoms with van der Waals surface area (Å²) in [6.07, 6.45) is 2.70. The van der Waals surface area contributed by atoms with Gasteiger partial charge in [0, 0.05) is 12.1 Å². The maximum atomic E-state index is 12.0. The first kappa shape index (κ1) is 13.1. The summed E-state index contributed by atoms with van der Waals surface area (Å²) in [5, 5.41) is 6.54. The minimum atomic E-state index is 0.129. The van der Waals surface area contributed by atoms with Gasteiger partial charge >= 0.3 is 0 Å². The molecule has 1 amide bonds. The lowest BCUT2D eigenvalue weighted by molar-refractivity contribution is -0.121. The highest BCUT2D eigenvalue weighted by Gasteiger charge is 2.22. The third-order valence-corrected chi connectivity index (χ3v) is 3.72. The van der Waals surface area contributed by atoms with Crippen LogP contribution in [0.5, 0.6) is 0 Å². The highest BCUT2D eigenvalue weighted by Crippen LogP contribution is 2.10. The molecule has 2 rings (SSSR count). The molecule has 0 aliphatic carbocycles. The van der Waals surface area contributed by atoms with Gasteiger partial charge in [-0.15, -0.1) is 0 Å². The van der Waals surface area contributed by atoms with Gasteiger partial charge in [0.15, 0.2) is 0 Å². The summed E-state index contributed by atoms with van der Waals surface area (Å²) < 4.78 is 0. The molecule has 3 nitrogen and oxygen atoms in total. The van der Waals surface area contributed by atoms with Gasteiger partial charge in [-0.05, 0) is 44.4 Å². The Labute approximate surface area is 109 Å². The molecule has 98 valence electrons. The number of benzene rings is 1. The normalized spacial score (nSPS) is 23.7. The molecule has 0 saturated carbocycles. The molecule has 0 spiro atoms. The molecule has 1 fully saturated rings. The smallest absolute Gasteiger partial charge is 0.224 e. The predicted octanol–water partition coefficient (Wildman–Crippen LogP) is 1.79. The summed E-state index contributed by atoms with van der Waals surface area (Å²) in [6, 6.07) is 8.71. The van der Waals surface area contributed by atoms with Gasteiger partial charge < -0.3 is 10.6 Å². The highest BCUT2D eigenvalue weighted by molar-refractivity contribution is 5.79. The molecule has 1 aromatic rings. The van der Waals surface area contributed by atoms with E-state index in [2.05, 4.69) is 17.6 Å². The Morgan fingerprint density at radius 1 is 1.44 bits per heavy atom. The van der Waals surface area contributed by atoms with Crippen LogP contribution in [-0.4, -0.2) is 24.5 Å². The third-order valence-electron chi connectivity index (χ3n) is 3.72.